The van der Waals surface area contributed by atoms with Crippen LogP contribution in [0.4, 0.5) is 0 Å². The molecule has 0 aliphatic carbocycles. The van der Waals surface area contributed by atoms with Gasteiger partial charge in [0.05, 0.1) is 16.7 Å². The fraction of sp³-hybridized carbons (Fsp3) is 0.0217. The van der Waals surface area contributed by atoms with Gasteiger partial charge >= 0.3 is 17.9 Å². The van der Waals surface area contributed by atoms with Crippen LogP contribution in [-0.4, -0.2) is 17.9 Å². The van der Waals surface area contributed by atoms with Crippen LogP contribution in [0.2, 0.25) is 0 Å². The first kappa shape index (κ1) is 32.2. The molecule has 6 heteroatoms. The van der Waals surface area contributed by atoms with E-state index in [-0.39, 0.29) is 0 Å². The minimum Gasteiger partial charge on any atom is -0.441 e. The third kappa shape index (κ3) is 6.14. The predicted octanol–water partition coefficient (Wildman–Crippen LogP) is 9.92. The maximum atomic E-state index is 13.2. The van der Waals surface area contributed by atoms with Gasteiger partial charge in [-0.1, -0.05) is 127 Å². The number of cyclic esters (lactones) is 1. The molecule has 8 rings (SSSR count). The molecule has 7 aromatic carbocycles. The molecule has 0 saturated carbocycles. The van der Waals surface area contributed by atoms with Gasteiger partial charge in [-0.3, -0.25) is 0 Å². The summed E-state index contributed by atoms with van der Waals surface area (Å²) in [6.07, 6.45) is 0. The smallest absolute Gasteiger partial charge is 0.343 e. The molecule has 1 aliphatic heterocycles. The van der Waals surface area contributed by atoms with E-state index < -0.39 is 23.5 Å². The zero-order chi connectivity index (χ0) is 35.5. The van der Waals surface area contributed by atoms with Gasteiger partial charge in [-0.2, -0.15) is 0 Å². The summed E-state index contributed by atoms with van der Waals surface area (Å²) in [5.41, 5.74) is 6.09. The van der Waals surface area contributed by atoms with E-state index in [1.807, 2.05) is 97.1 Å². The van der Waals surface area contributed by atoms with Crippen molar-refractivity contribution >= 4 is 17.9 Å². The number of rotatable bonds is 8. The summed E-state index contributed by atoms with van der Waals surface area (Å²) in [5, 5.41) is 0. The molecule has 52 heavy (non-hydrogen) atoms. The Morgan fingerprint density at radius 3 is 1.25 bits per heavy atom. The van der Waals surface area contributed by atoms with Crippen LogP contribution in [0.25, 0.3) is 22.3 Å². The van der Waals surface area contributed by atoms with E-state index >= 15 is 0 Å². The lowest BCUT2D eigenvalue weighted by atomic mass is 9.80. The van der Waals surface area contributed by atoms with E-state index in [9.17, 15) is 14.4 Å². The van der Waals surface area contributed by atoms with Crippen molar-refractivity contribution in [1.29, 1.82) is 0 Å². The zero-order valence-electron chi connectivity index (χ0n) is 27.8. The second-order valence-corrected chi connectivity index (χ2v) is 12.3. The summed E-state index contributed by atoms with van der Waals surface area (Å²) in [6.45, 7) is 0. The molecular formula is C46H30O6. The molecule has 1 heterocycles. The number of hydrogen-bond acceptors (Lipinski definition) is 6. The average molecular weight is 679 g/mol. The molecule has 0 spiro atoms. The Morgan fingerprint density at radius 2 is 0.808 bits per heavy atom. The van der Waals surface area contributed by atoms with Gasteiger partial charge in [-0.15, -0.1) is 0 Å². The molecule has 6 nitrogen and oxygen atoms in total. The van der Waals surface area contributed by atoms with Crippen molar-refractivity contribution in [3.63, 3.8) is 0 Å². The number of carbonyl (C=O) groups excluding carboxylic acids is 3. The van der Waals surface area contributed by atoms with Crippen molar-refractivity contribution in [1.82, 2.24) is 0 Å². The summed E-state index contributed by atoms with van der Waals surface area (Å²) >= 11 is 0. The highest BCUT2D eigenvalue weighted by atomic mass is 16.6. The summed E-state index contributed by atoms with van der Waals surface area (Å²) in [4.78, 5) is 39.3. The fourth-order valence-electron chi connectivity index (χ4n) is 6.52. The third-order valence-corrected chi connectivity index (χ3v) is 9.17. The Bertz CT molecular complexity index is 2240. The molecule has 7 aromatic rings. The van der Waals surface area contributed by atoms with E-state index in [1.165, 1.54) is 0 Å². The molecule has 0 radical (unpaired) electrons. The summed E-state index contributed by atoms with van der Waals surface area (Å²) in [6, 6.07) is 55.5. The van der Waals surface area contributed by atoms with Crippen LogP contribution in [0, 0.1) is 0 Å². The van der Waals surface area contributed by atoms with Crippen molar-refractivity contribution in [3.8, 4) is 33.8 Å². The highest BCUT2D eigenvalue weighted by molar-refractivity contribution is 5.96. The van der Waals surface area contributed by atoms with E-state index in [0.29, 0.717) is 44.9 Å². The van der Waals surface area contributed by atoms with Crippen LogP contribution in [0.1, 0.15) is 47.8 Å². The van der Waals surface area contributed by atoms with E-state index in [1.54, 1.807) is 84.9 Å². The largest absolute Gasteiger partial charge is 0.441 e. The van der Waals surface area contributed by atoms with Gasteiger partial charge in [0.2, 0.25) is 0 Å². The first-order valence-corrected chi connectivity index (χ1v) is 16.8. The second-order valence-electron chi connectivity index (χ2n) is 12.3. The van der Waals surface area contributed by atoms with Gasteiger partial charge in [0.15, 0.2) is 5.60 Å². The normalized spacial score (nSPS) is 12.7. The number of benzene rings is 7. The molecule has 0 amide bonds. The van der Waals surface area contributed by atoms with E-state index in [0.717, 1.165) is 22.3 Å². The van der Waals surface area contributed by atoms with Gasteiger partial charge < -0.3 is 14.2 Å². The lowest BCUT2D eigenvalue weighted by molar-refractivity contribution is 0.0251. The predicted molar refractivity (Wildman–Crippen MR) is 198 cm³/mol. The molecule has 0 saturated heterocycles. The van der Waals surface area contributed by atoms with Crippen LogP contribution in [0.15, 0.2) is 182 Å². The number of hydrogen-bond donors (Lipinski definition) is 0. The first-order valence-electron chi connectivity index (χ1n) is 16.8. The maximum absolute atomic E-state index is 13.2. The van der Waals surface area contributed by atoms with Crippen molar-refractivity contribution in [2.45, 2.75) is 5.60 Å². The molecule has 0 N–H and O–H groups in total. The highest BCUT2D eigenvalue weighted by Gasteiger charge is 2.48. The minimum absolute atomic E-state index is 0.340. The Hall–Kier alpha value is -7.05. The van der Waals surface area contributed by atoms with Gasteiger partial charge in [-0.05, 0) is 76.9 Å². The standard InChI is InChI=1S/C46H30O6/c47-43(35-19-15-33(16-20-35)31-9-3-1-4-10-31)50-39-27-23-37(24-28-39)46(42-14-8-7-13-41(42)45(49)52-46)38-25-29-40(30-26-38)51-44(48)36-21-17-34(18-22-36)32-11-5-2-6-12-32/h1-30H. The SMILES string of the molecule is O=C(Oc1ccc(C2(c3ccc(OC(=O)c4ccc(-c5ccccc5)cc4)cc3)OC(=O)c3ccccc32)cc1)c1ccc(-c2ccccc2)cc1. The topological polar surface area (TPSA) is 78.9 Å². The molecule has 250 valence electrons. The Kier molecular flexibility index (Phi) is 8.47. The molecule has 0 unspecified atom stereocenters. The highest BCUT2D eigenvalue weighted by Crippen LogP contribution is 2.47. The summed E-state index contributed by atoms with van der Waals surface area (Å²) in [7, 11) is 0. The Morgan fingerprint density at radius 1 is 0.423 bits per heavy atom. The number of fused-ring (bicyclic) bond motifs is 1. The second kappa shape index (κ2) is 13.7. The average Bonchev–Trinajstić information content (AvgIpc) is 3.52. The van der Waals surface area contributed by atoms with E-state index in [2.05, 4.69) is 0 Å². The molecular weight excluding hydrogens is 649 g/mol. The molecule has 1 aliphatic rings. The van der Waals surface area contributed by atoms with Crippen LogP contribution in [-0.2, 0) is 10.3 Å². The Labute approximate surface area is 300 Å². The van der Waals surface area contributed by atoms with Crippen LogP contribution < -0.4 is 9.47 Å². The Balaban J connectivity index is 1.03. The number of ether oxygens (including phenoxy) is 3. The lowest BCUT2D eigenvalue weighted by Crippen LogP contribution is -2.29. The maximum Gasteiger partial charge on any atom is 0.343 e. The molecule has 0 atom stereocenters. The third-order valence-electron chi connectivity index (χ3n) is 9.17. The van der Waals surface area contributed by atoms with E-state index in [4.69, 9.17) is 14.2 Å². The van der Waals surface area contributed by atoms with Crippen LogP contribution in [0.5, 0.6) is 11.5 Å². The van der Waals surface area contributed by atoms with Crippen molar-refractivity contribution in [3.05, 3.63) is 215 Å². The lowest BCUT2D eigenvalue weighted by Gasteiger charge is -2.30. The van der Waals surface area contributed by atoms with Crippen molar-refractivity contribution in [2.75, 3.05) is 0 Å². The van der Waals surface area contributed by atoms with Crippen molar-refractivity contribution in [2.24, 2.45) is 0 Å². The van der Waals surface area contributed by atoms with Gasteiger partial charge in [0.25, 0.3) is 0 Å². The fourth-order valence-corrected chi connectivity index (χ4v) is 6.52. The number of esters is 3. The minimum atomic E-state index is -1.29. The number of carbonyl (C=O) groups is 3. The summed E-state index contributed by atoms with van der Waals surface area (Å²) in [5.74, 6) is -0.756. The summed E-state index contributed by atoms with van der Waals surface area (Å²) < 4.78 is 17.6. The zero-order valence-corrected chi connectivity index (χ0v) is 27.8. The van der Waals surface area contributed by atoms with Gasteiger partial charge in [-0.25, -0.2) is 14.4 Å². The van der Waals surface area contributed by atoms with Crippen LogP contribution in [0.3, 0.4) is 0 Å². The van der Waals surface area contributed by atoms with Crippen LogP contribution >= 0.6 is 0 Å². The molecule has 0 fully saturated rings. The van der Waals surface area contributed by atoms with Gasteiger partial charge in [0.1, 0.15) is 11.5 Å². The monoisotopic (exact) mass is 678 g/mol. The molecule has 0 aromatic heterocycles. The molecule has 0 bridgehead atoms. The van der Waals surface area contributed by atoms with Crippen molar-refractivity contribution < 1.29 is 28.6 Å². The first-order chi connectivity index (χ1) is 25.5. The van der Waals surface area contributed by atoms with Gasteiger partial charge in [0, 0.05) is 16.7 Å². The quantitative estimate of drug-likeness (QED) is 0.118.